The van der Waals surface area contributed by atoms with E-state index in [0.29, 0.717) is 37.1 Å². The van der Waals surface area contributed by atoms with Crippen molar-refractivity contribution in [3.63, 3.8) is 0 Å². The second-order valence-corrected chi connectivity index (χ2v) is 10.3. The van der Waals surface area contributed by atoms with Gasteiger partial charge >= 0.3 is 0 Å². The molecule has 1 aliphatic carbocycles. The van der Waals surface area contributed by atoms with Crippen LogP contribution in [-0.2, 0) is 0 Å². The van der Waals surface area contributed by atoms with Gasteiger partial charge in [0.2, 0.25) is 0 Å². The van der Waals surface area contributed by atoms with E-state index < -0.39 is 17.3 Å². The van der Waals surface area contributed by atoms with E-state index >= 15 is 0 Å². The Balaban J connectivity index is 1.43. The monoisotopic (exact) mass is 547 g/mol. The molecule has 0 spiro atoms. The molecule has 4 aromatic rings. The summed E-state index contributed by atoms with van der Waals surface area (Å²) in [5.74, 6) is -1.35. The molecule has 39 heavy (non-hydrogen) atoms. The first-order chi connectivity index (χ1) is 18.7. The van der Waals surface area contributed by atoms with Gasteiger partial charge in [0, 0.05) is 23.9 Å². The lowest BCUT2D eigenvalue weighted by molar-refractivity contribution is 0.0140. The highest BCUT2D eigenvalue weighted by Crippen LogP contribution is 2.30. The summed E-state index contributed by atoms with van der Waals surface area (Å²) in [6.45, 7) is 1.80. The summed E-state index contributed by atoms with van der Waals surface area (Å²) in [5.41, 5.74) is 0.558. The van der Waals surface area contributed by atoms with Crippen LogP contribution in [0.15, 0.2) is 72.9 Å². The number of hydrogen-bond donors (Lipinski definition) is 3. The van der Waals surface area contributed by atoms with E-state index in [4.69, 9.17) is 11.6 Å². The maximum Gasteiger partial charge on any atom is 0.272 e. The molecule has 0 radical (unpaired) electrons. The minimum absolute atomic E-state index is 0.0415. The zero-order valence-corrected chi connectivity index (χ0v) is 22.0. The zero-order chi connectivity index (χ0) is 27.6. The Kier molecular flexibility index (Phi) is 7.45. The number of nitrogens with zero attached hydrogens (tertiary/aromatic N) is 3. The molecule has 200 valence electrons. The fraction of sp³-hybridized carbons (Fsp3) is 0.241. The molecular weight excluding hydrogens is 521 g/mol. The number of carbonyl (C=O) groups is 2. The normalized spacial score (nSPS) is 18.9. The highest BCUT2D eigenvalue weighted by atomic mass is 35.5. The summed E-state index contributed by atoms with van der Waals surface area (Å²) < 4.78 is 16.1. The topological polar surface area (TPSA) is 109 Å². The van der Waals surface area contributed by atoms with Gasteiger partial charge in [-0.3, -0.25) is 14.6 Å². The SMILES string of the molecule is CC1(O)CCC(NC(=O)c2cc(NC(=O)c3cc(-c4ccccn4)c(F)cc3Cl)n(-c3ccccc3)n2)CC1. The summed E-state index contributed by atoms with van der Waals surface area (Å²) in [5, 5.41) is 20.4. The Labute approximate surface area is 229 Å². The molecule has 0 saturated heterocycles. The molecule has 10 heteroatoms. The third-order valence-corrected chi connectivity index (χ3v) is 7.14. The first kappa shape index (κ1) is 26.5. The van der Waals surface area contributed by atoms with Crippen molar-refractivity contribution in [3.05, 3.63) is 95.0 Å². The van der Waals surface area contributed by atoms with E-state index in [2.05, 4.69) is 20.7 Å². The van der Waals surface area contributed by atoms with E-state index in [1.54, 1.807) is 37.3 Å². The van der Waals surface area contributed by atoms with Crippen molar-refractivity contribution in [3.8, 4) is 16.9 Å². The van der Waals surface area contributed by atoms with Crippen molar-refractivity contribution in [1.82, 2.24) is 20.1 Å². The number of aliphatic hydroxyl groups is 1. The van der Waals surface area contributed by atoms with Crippen LogP contribution < -0.4 is 10.6 Å². The number of benzene rings is 2. The number of carbonyl (C=O) groups excluding carboxylic acids is 2. The molecule has 8 nitrogen and oxygen atoms in total. The molecule has 2 aromatic heterocycles. The summed E-state index contributed by atoms with van der Waals surface area (Å²) in [4.78, 5) is 30.6. The first-order valence-corrected chi connectivity index (χ1v) is 13.0. The quantitative estimate of drug-likeness (QED) is 0.299. The van der Waals surface area contributed by atoms with Gasteiger partial charge in [0.05, 0.1) is 27.6 Å². The van der Waals surface area contributed by atoms with Crippen molar-refractivity contribution < 1.29 is 19.1 Å². The molecule has 2 aromatic carbocycles. The van der Waals surface area contributed by atoms with Crippen LogP contribution in [0.5, 0.6) is 0 Å². The fourth-order valence-corrected chi connectivity index (χ4v) is 4.85. The number of rotatable bonds is 6. The van der Waals surface area contributed by atoms with Crippen molar-refractivity contribution in [2.75, 3.05) is 5.32 Å². The standard InChI is InChI=1S/C29H27ClFN5O3/c1-29(39)12-10-18(11-13-29)33-28(38)25-17-26(36(35-25)19-7-3-2-4-8-19)34-27(37)20-15-21(23(31)16-22(20)30)24-9-5-6-14-32-24/h2-9,14-18,39H,10-13H2,1H3,(H,33,38)(H,34,37). The van der Waals surface area contributed by atoms with Gasteiger partial charge in [0.25, 0.3) is 11.8 Å². The Bertz CT molecular complexity index is 1500. The van der Waals surface area contributed by atoms with Crippen LogP contribution in [0, 0.1) is 5.82 Å². The third kappa shape index (κ3) is 6.00. The molecule has 1 aliphatic rings. The summed E-state index contributed by atoms with van der Waals surface area (Å²) in [6, 6.07) is 17.9. The van der Waals surface area contributed by atoms with Crippen molar-refractivity contribution in [2.24, 2.45) is 0 Å². The van der Waals surface area contributed by atoms with Gasteiger partial charge in [-0.05, 0) is 69.0 Å². The van der Waals surface area contributed by atoms with E-state index in [0.717, 1.165) is 6.07 Å². The van der Waals surface area contributed by atoms with Crippen molar-refractivity contribution in [1.29, 1.82) is 0 Å². The second-order valence-electron chi connectivity index (χ2n) is 9.89. The third-order valence-electron chi connectivity index (χ3n) is 6.82. The maximum absolute atomic E-state index is 14.7. The smallest absolute Gasteiger partial charge is 0.272 e. The van der Waals surface area contributed by atoms with E-state index in [9.17, 15) is 19.1 Å². The van der Waals surface area contributed by atoms with Gasteiger partial charge in [-0.15, -0.1) is 0 Å². The molecule has 0 unspecified atom stereocenters. The van der Waals surface area contributed by atoms with Crippen molar-refractivity contribution >= 4 is 29.2 Å². The van der Waals surface area contributed by atoms with Crippen LogP contribution in [0.25, 0.3) is 16.9 Å². The van der Waals surface area contributed by atoms with Gasteiger partial charge in [-0.2, -0.15) is 5.10 Å². The largest absolute Gasteiger partial charge is 0.390 e. The predicted octanol–water partition coefficient (Wildman–Crippen LogP) is 5.40. The molecule has 0 atom stereocenters. The average molecular weight is 548 g/mol. The van der Waals surface area contributed by atoms with Crippen LogP contribution in [0.2, 0.25) is 5.02 Å². The molecule has 2 heterocycles. The average Bonchev–Trinajstić information content (AvgIpc) is 3.35. The van der Waals surface area contributed by atoms with Crippen LogP contribution in [0.1, 0.15) is 53.5 Å². The zero-order valence-electron chi connectivity index (χ0n) is 21.2. The van der Waals surface area contributed by atoms with E-state index in [-0.39, 0.29) is 39.6 Å². The fourth-order valence-electron chi connectivity index (χ4n) is 4.62. The highest BCUT2D eigenvalue weighted by Gasteiger charge is 2.30. The lowest BCUT2D eigenvalue weighted by atomic mass is 9.83. The molecular formula is C29H27ClFN5O3. The number of pyridine rings is 1. The number of anilines is 1. The second kappa shape index (κ2) is 11.0. The van der Waals surface area contributed by atoms with Gasteiger partial charge < -0.3 is 15.7 Å². The lowest BCUT2D eigenvalue weighted by Gasteiger charge is -2.33. The number of halogens is 2. The Morgan fingerprint density at radius 2 is 1.77 bits per heavy atom. The molecule has 2 amide bonds. The predicted molar refractivity (Wildman–Crippen MR) is 147 cm³/mol. The number of hydrogen-bond acceptors (Lipinski definition) is 5. The highest BCUT2D eigenvalue weighted by molar-refractivity contribution is 6.34. The Morgan fingerprint density at radius 3 is 2.46 bits per heavy atom. The van der Waals surface area contributed by atoms with Crippen LogP contribution in [-0.4, -0.2) is 43.3 Å². The van der Waals surface area contributed by atoms with Crippen LogP contribution >= 0.6 is 11.6 Å². The minimum Gasteiger partial charge on any atom is -0.390 e. The van der Waals surface area contributed by atoms with E-state index in [1.165, 1.54) is 23.0 Å². The lowest BCUT2D eigenvalue weighted by Crippen LogP contribution is -2.42. The summed E-state index contributed by atoms with van der Waals surface area (Å²) in [6.07, 6.45) is 4.03. The number of nitrogens with one attached hydrogen (secondary N) is 2. The van der Waals surface area contributed by atoms with Gasteiger partial charge in [-0.1, -0.05) is 35.9 Å². The van der Waals surface area contributed by atoms with Crippen LogP contribution in [0.4, 0.5) is 10.2 Å². The maximum atomic E-state index is 14.7. The van der Waals surface area contributed by atoms with E-state index in [1.807, 2.05) is 18.2 Å². The number of aromatic nitrogens is 3. The number of amides is 2. The Morgan fingerprint density at radius 1 is 1.05 bits per heavy atom. The van der Waals surface area contributed by atoms with Gasteiger partial charge in [-0.25, -0.2) is 9.07 Å². The molecule has 5 rings (SSSR count). The molecule has 3 N–H and O–H groups in total. The Hall–Kier alpha value is -4.08. The molecule has 0 aliphatic heterocycles. The summed E-state index contributed by atoms with van der Waals surface area (Å²) in [7, 11) is 0. The first-order valence-electron chi connectivity index (χ1n) is 12.6. The van der Waals surface area contributed by atoms with Crippen molar-refractivity contribution in [2.45, 2.75) is 44.2 Å². The summed E-state index contributed by atoms with van der Waals surface area (Å²) >= 11 is 6.27. The minimum atomic E-state index is -0.717. The van der Waals surface area contributed by atoms with Gasteiger partial charge in [0.1, 0.15) is 11.6 Å². The molecule has 0 bridgehead atoms. The molecule has 1 saturated carbocycles. The molecule has 1 fully saturated rings. The van der Waals surface area contributed by atoms with Crippen LogP contribution in [0.3, 0.4) is 0 Å². The van der Waals surface area contributed by atoms with Gasteiger partial charge in [0.15, 0.2) is 5.69 Å². The number of para-hydroxylation sites is 1.